The van der Waals surface area contributed by atoms with Crippen LogP contribution in [-0.4, -0.2) is 12.2 Å². The first-order chi connectivity index (χ1) is 5.36. The van der Waals surface area contributed by atoms with Gasteiger partial charge in [-0.3, -0.25) is 0 Å². The molecule has 0 bridgehead atoms. The van der Waals surface area contributed by atoms with Gasteiger partial charge in [0.1, 0.15) is 0 Å². The Morgan fingerprint density at radius 2 is 2.45 bits per heavy atom. The minimum atomic E-state index is 0.522. The van der Waals surface area contributed by atoms with Crippen LogP contribution in [0, 0.1) is 0 Å². The second-order valence-electron chi connectivity index (χ2n) is 3.05. The van der Waals surface area contributed by atoms with Gasteiger partial charge in [-0.2, -0.15) is 11.3 Å². The summed E-state index contributed by atoms with van der Waals surface area (Å²) >= 11 is 1.77. The van der Waals surface area contributed by atoms with Gasteiger partial charge in [0.15, 0.2) is 0 Å². The van der Waals surface area contributed by atoms with E-state index in [1.165, 1.54) is 18.4 Å². The van der Waals surface area contributed by atoms with E-state index in [1.807, 2.05) is 0 Å². The van der Waals surface area contributed by atoms with Gasteiger partial charge in [-0.25, -0.2) is 0 Å². The molecule has 1 aliphatic heterocycles. The van der Waals surface area contributed by atoms with E-state index in [9.17, 15) is 0 Å². The second kappa shape index (κ2) is 2.95. The highest BCUT2D eigenvalue weighted by atomic mass is 32.1. The first-order valence-electron chi connectivity index (χ1n) is 4.03. The van der Waals surface area contributed by atoms with E-state index in [4.69, 9.17) is 4.74 Å². The molecule has 2 atom stereocenters. The van der Waals surface area contributed by atoms with Crippen molar-refractivity contribution in [3.8, 4) is 0 Å². The van der Waals surface area contributed by atoms with Crippen LogP contribution in [0.5, 0.6) is 0 Å². The number of hydrogen-bond donors (Lipinski definition) is 0. The van der Waals surface area contributed by atoms with Crippen molar-refractivity contribution in [2.45, 2.75) is 32.0 Å². The minimum absolute atomic E-state index is 0.522. The van der Waals surface area contributed by atoms with E-state index in [-0.39, 0.29) is 0 Å². The highest BCUT2D eigenvalue weighted by Crippen LogP contribution is 2.26. The SMILES string of the molecule is CC1OC1CCc1ccsc1. The van der Waals surface area contributed by atoms with Crippen LogP contribution in [0.2, 0.25) is 0 Å². The predicted molar refractivity (Wildman–Crippen MR) is 47.0 cm³/mol. The summed E-state index contributed by atoms with van der Waals surface area (Å²) < 4.78 is 5.32. The first kappa shape index (κ1) is 7.32. The van der Waals surface area contributed by atoms with Gasteiger partial charge in [-0.05, 0) is 42.2 Å². The molecule has 2 rings (SSSR count). The summed E-state index contributed by atoms with van der Waals surface area (Å²) in [6.45, 7) is 2.14. The molecule has 0 spiro atoms. The molecule has 11 heavy (non-hydrogen) atoms. The molecule has 0 amide bonds. The van der Waals surface area contributed by atoms with Gasteiger partial charge in [0.2, 0.25) is 0 Å². The molecule has 0 radical (unpaired) electrons. The number of ether oxygens (including phenoxy) is 1. The molecule has 1 saturated heterocycles. The van der Waals surface area contributed by atoms with Crippen LogP contribution in [0.25, 0.3) is 0 Å². The van der Waals surface area contributed by atoms with Crippen LogP contribution in [0.15, 0.2) is 16.8 Å². The number of rotatable bonds is 3. The zero-order valence-electron chi connectivity index (χ0n) is 6.62. The van der Waals surface area contributed by atoms with Crippen LogP contribution in [0.1, 0.15) is 18.9 Å². The lowest BCUT2D eigenvalue weighted by Gasteiger charge is -1.91. The Labute approximate surface area is 71.0 Å². The van der Waals surface area contributed by atoms with E-state index in [0.717, 1.165) is 0 Å². The second-order valence-corrected chi connectivity index (χ2v) is 3.83. The minimum Gasteiger partial charge on any atom is -0.370 e. The van der Waals surface area contributed by atoms with Gasteiger partial charge < -0.3 is 4.74 Å². The maximum Gasteiger partial charge on any atom is 0.0842 e. The standard InChI is InChI=1S/C9H12OS/c1-7-9(10-7)3-2-8-4-5-11-6-8/h4-7,9H,2-3H2,1H3. The summed E-state index contributed by atoms with van der Waals surface area (Å²) in [5, 5.41) is 4.35. The first-order valence-corrected chi connectivity index (χ1v) is 4.97. The largest absolute Gasteiger partial charge is 0.370 e. The molecule has 2 heterocycles. The molecule has 2 heteroatoms. The van der Waals surface area contributed by atoms with Crippen LogP contribution in [-0.2, 0) is 11.2 Å². The summed E-state index contributed by atoms with van der Waals surface area (Å²) in [6, 6.07) is 2.19. The van der Waals surface area contributed by atoms with Crippen LogP contribution in [0.3, 0.4) is 0 Å². The van der Waals surface area contributed by atoms with Crippen molar-refractivity contribution < 1.29 is 4.74 Å². The van der Waals surface area contributed by atoms with Gasteiger partial charge in [0.05, 0.1) is 12.2 Å². The maximum atomic E-state index is 5.32. The Bertz CT molecular complexity index is 217. The van der Waals surface area contributed by atoms with Crippen molar-refractivity contribution in [2.24, 2.45) is 0 Å². The molecule has 1 aromatic heterocycles. The maximum absolute atomic E-state index is 5.32. The highest BCUT2D eigenvalue weighted by Gasteiger charge is 2.33. The molecular formula is C9H12OS. The lowest BCUT2D eigenvalue weighted by atomic mass is 10.1. The van der Waals surface area contributed by atoms with E-state index >= 15 is 0 Å². The summed E-state index contributed by atoms with van der Waals surface area (Å²) in [5.74, 6) is 0. The number of aryl methyl sites for hydroxylation is 1. The Balaban J connectivity index is 1.75. The average Bonchev–Trinajstić information content (AvgIpc) is 2.55. The van der Waals surface area contributed by atoms with Crippen LogP contribution in [0.4, 0.5) is 0 Å². The van der Waals surface area contributed by atoms with E-state index in [1.54, 1.807) is 11.3 Å². The van der Waals surface area contributed by atoms with Gasteiger partial charge >= 0.3 is 0 Å². The summed E-state index contributed by atoms with van der Waals surface area (Å²) in [5.41, 5.74) is 1.46. The zero-order chi connectivity index (χ0) is 7.68. The van der Waals surface area contributed by atoms with Crippen molar-refractivity contribution >= 4 is 11.3 Å². The molecule has 1 nitrogen and oxygen atoms in total. The Kier molecular flexibility index (Phi) is 1.96. The van der Waals surface area contributed by atoms with Crippen molar-refractivity contribution in [2.75, 3.05) is 0 Å². The Hall–Kier alpha value is -0.340. The normalized spacial score (nSPS) is 28.8. The quantitative estimate of drug-likeness (QED) is 0.632. The van der Waals surface area contributed by atoms with Crippen molar-refractivity contribution in [1.82, 2.24) is 0 Å². The number of hydrogen-bond acceptors (Lipinski definition) is 2. The molecular weight excluding hydrogens is 156 g/mol. The molecule has 0 N–H and O–H groups in total. The molecule has 1 aromatic rings. The lowest BCUT2D eigenvalue weighted by molar-refractivity contribution is 0.370. The fourth-order valence-electron chi connectivity index (χ4n) is 1.28. The molecule has 2 unspecified atom stereocenters. The molecule has 1 aliphatic rings. The number of thiophene rings is 1. The molecule has 0 aliphatic carbocycles. The topological polar surface area (TPSA) is 12.5 Å². The van der Waals surface area contributed by atoms with Crippen LogP contribution < -0.4 is 0 Å². The van der Waals surface area contributed by atoms with Gasteiger partial charge in [-0.1, -0.05) is 0 Å². The average molecular weight is 168 g/mol. The summed E-state index contributed by atoms with van der Waals surface area (Å²) in [4.78, 5) is 0. The van der Waals surface area contributed by atoms with E-state index < -0.39 is 0 Å². The monoisotopic (exact) mass is 168 g/mol. The van der Waals surface area contributed by atoms with Crippen molar-refractivity contribution in [1.29, 1.82) is 0 Å². The van der Waals surface area contributed by atoms with E-state index in [0.29, 0.717) is 12.2 Å². The van der Waals surface area contributed by atoms with Gasteiger partial charge in [0.25, 0.3) is 0 Å². The highest BCUT2D eigenvalue weighted by molar-refractivity contribution is 7.07. The molecule has 0 aromatic carbocycles. The van der Waals surface area contributed by atoms with Crippen molar-refractivity contribution in [3.05, 3.63) is 22.4 Å². The van der Waals surface area contributed by atoms with E-state index in [2.05, 4.69) is 23.8 Å². The molecule has 60 valence electrons. The smallest absolute Gasteiger partial charge is 0.0842 e. The van der Waals surface area contributed by atoms with Crippen molar-refractivity contribution in [3.63, 3.8) is 0 Å². The summed E-state index contributed by atoms with van der Waals surface area (Å²) in [6.07, 6.45) is 3.44. The van der Waals surface area contributed by atoms with Gasteiger partial charge in [-0.15, -0.1) is 0 Å². The third-order valence-corrected chi connectivity index (χ3v) is 2.87. The zero-order valence-corrected chi connectivity index (χ0v) is 7.43. The molecule has 1 fully saturated rings. The predicted octanol–water partition coefficient (Wildman–Crippen LogP) is 2.47. The van der Waals surface area contributed by atoms with Crippen LogP contribution >= 0.6 is 11.3 Å². The number of epoxide rings is 1. The third kappa shape index (κ3) is 1.82. The lowest BCUT2D eigenvalue weighted by Crippen LogP contribution is -1.91. The summed E-state index contributed by atoms with van der Waals surface area (Å²) in [7, 11) is 0. The molecule has 0 saturated carbocycles. The Morgan fingerprint density at radius 3 is 3.00 bits per heavy atom. The van der Waals surface area contributed by atoms with Gasteiger partial charge in [0, 0.05) is 0 Å². The fourth-order valence-corrected chi connectivity index (χ4v) is 1.98. The third-order valence-electron chi connectivity index (χ3n) is 2.13. The Morgan fingerprint density at radius 1 is 1.64 bits per heavy atom. The fraction of sp³-hybridized carbons (Fsp3) is 0.556.